The molecule has 0 aliphatic heterocycles. The maximum absolute atomic E-state index is 4.98. The highest BCUT2D eigenvalue weighted by Crippen LogP contribution is 2.09. The van der Waals surface area contributed by atoms with Crippen LogP contribution in [0.25, 0.3) is 0 Å². The maximum atomic E-state index is 4.98. The lowest BCUT2D eigenvalue weighted by atomic mass is 10.4. The molecule has 0 aliphatic carbocycles. The minimum atomic E-state index is 0.649. The second-order valence-electron chi connectivity index (χ2n) is 2.49. The third-order valence-corrected chi connectivity index (χ3v) is 1.49. The topological polar surface area (TPSA) is 34.1 Å². The normalized spacial score (nSPS) is 9.50. The Bertz CT molecular complexity index is 238. The molecule has 0 atom stereocenters. The van der Waals surface area contributed by atoms with Crippen molar-refractivity contribution >= 4 is 5.82 Å². The largest absolute Gasteiger partial charge is 0.481 e. The van der Waals surface area contributed by atoms with Gasteiger partial charge in [0.05, 0.1) is 7.11 Å². The summed E-state index contributed by atoms with van der Waals surface area (Å²) < 4.78 is 4.98. The average molecular weight is 166 g/mol. The molecule has 0 fully saturated rings. The molecule has 0 aliphatic rings. The first-order chi connectivity index (χ1) is 5.86. The lowest BCUT2D eigenvalue weighted by molar-refractivity contribution is 0.398. The number of nitrogens with zero attached hydrogens (tertiary/aromatic N) is 1. The van der Waals surface area contributed by atoms with E-state index in [1.807, 2.05) is 18.2 Å². The summed E-state index contributed by atoms with van der Waals surface area (Å²) in [6, 6.07) is 5.68. The lowest BCUT2D eigenvalue weighted by Crippen LogP contribution is -2.01. The van der Waals surface area contributed by atoms with Crippen LogP contribution in [0.3, 0.4) is 0 Å². The molecule has 1 aromatic heterocycles. The monoisotopic (exact) mass is 166 g/mol. The van der Waals surface area contributed by atoms with Crippen molar-refractivity contribution in [2.75, 3.05) is 19.0 Å². The zero-order valence-electron chi connectivity index (χ0n) is 7.50. The van der Waals surface area contributed by atoms with Gasteiger partial charge in [-0.1, -0.05) is 13.0 Å². The first kappa shape index (κ1) is 8.84. The summed E-state index contributed by atoms with van der Waals surface area (Å²) in [4.78, 5) is 4.20. The van der Waals surface area contributed by atoms with Gasteiger partial charge in [0.25, 0.3) is 0 Å². The van der Waals surface area contributed by atoms with E-state index in [2.05, 4.69) is 17.2 Å². The zero-order chi connectivity index (χ0) is 8.81. The second kappa shape index (κ2) is 4.59. The van der Waals surface area contributed by atoms with Gasteiger partial charge in [0.15, 0.2) is 0 Å². The van der Waals surface area contributed by atoms with Gasteiger partial charge in [-0.25, -0.2) is 0 Å². The SMILES string of the molecule is CCCNc1cccc(OC)n1. The smallest absolute Gasteiger partial charge is 0.214 e. The molecule has 66 valence electrons. The van der Waals surface area contributed by atoms with Gasteiger partial charge < -0.3 is 10.1 Å². The number of ether oxygens (including phenoxy) is 1. The number of aromatic nitrogens is 1. The van der Waals surface area contributed by atoms with Gasteiger partial charge in [0, 0.05) is 12.6 Å². The van der Waals surface area contributed by atoms with Crippen molar-refractivity contribution in [3.63, 3.8) is 0 Å². The van der Waals surface area contributed by atoms with Crippen molar-refractivity contribution in [1.29, 1.82) is 0 Å². The van der Waals surface area contributed by atoms with E-state index in [0.29, 0.717) is 5.88 Å². The van der Waals surface area contributed by atoms with Gasteiger partial charge >= 0.3 is 0 Å². The highest BCUT2D eigenvalue weighted by molar-refractivity contribution is 5.36. The van der Waals surface area contributed by atoms with Gasteiger partial charge in [0.2, 0.25) is 5.88 Å². The van der Waals surface area contributed by atoms with Crippen LogP contribution in [0, 0.1) is 0 Å². The second-order valence-corrected chi connectivity index (χ2v) is 2.49. The molecular formula is C9H14N2O. The van der Waals surface area contributed by atoms with Gasteiger partial charge in [-0.3, -0.25) is 0 Å². The van der Waals surface area contributed by atoms with Crippen molar-refractivity contribution in [2.24, 2.45) is 0 Å². The Morgan fingerprint density at radius 1 is 1.50 bits per heavy atom. The van der Waals surface area contributed by atoms with Crippen LogP contribution in [0.5, 0.6) is 5.88 Å². The van der Waals surface area contributed by atoms with E-state index >= 15 is 0 Å². The molecular weight excluding hydrogens is 152 g/mol. The van der Waals surface area contributed by atoms with Crippen LogP contribution in [-0.4, -0.2) is 18.6 Å². The summed E-state index contributed by atoms with van der Waals surface area (Å²) in [5, 5.41) is 3.18. The van der Waals surface area contributed by atoms with Crippen LogP contribution in [0.2, 0.25) is 0 Å². The molecule has 1 heterocycles. The molecule has 0 amide bonds. The number of methoxy groups -OCH3 is 1. The Kier molecular flexibility index (Phi) is 3.38. The zero-order valence-corrected chi connectivity index (χ0v) is 7.50. The van der Waals surface area contributed by atoms with Gasteiger partial charge in [0.1, 0.15) is 5.82 Å². The van der Waals surface area contributed by atoms with Crippen LogP contribution in [0.4, 0.5) is 5.82 Å². The summed E-state index contributed by atoms with van der Waals surface area (Å²) in [6.07, 6.45) is 1.10. The lowest BCUT2D eigenvalue weighted by Gasteiger charge is -2.04. The van der Waals surface area contributed by atoms with Crippen molar-refractivity contribution in [3.05, 3.63) is 18.2 Å². The summed E-state index contributed by atoms with van der Waals surface area (Å²) in [6.45, 7) is 3.06. The molecule has 1 N–H and O–H groups in total. The molecule has 0 saturated carbocycles. The first-order valence-electron chi connectivity index (χ1n) is 4.11. The highest BCUT2D eigenvalue weighted by atomic mass is 16.5. The van der Waals surface area contributed by atoms with E-state index in [1.54, 1.807) is 7.11 Å². The molecule has 1 rings (SSSR count). The first-order valence-corrected chi connectivity index (χ1v) is 4.11. The van der Waals surface area contributed by atoms with Crippen molar-refractivity contribution in [2.45, 2.75) is 13.3 Å². The summed E-state index contributed by atoms with van der Waals surface area (Å²) in [7, 11) is 1.62. The summed E-state index contributed by atoms with van der Waals surface area (Å²) >= 11 is 0. The minimum Gasteiger partial charge on any atom is -0.481 e. The molecule has 0 bridgehead atoms. The molecule has 0 saturated heterocycles. The van der Waals surface area contributed by atoms with E-state index in [4.69, 9.17) is 4.74 Å². The number of pyridine rings is 1. The van der Waals surface area contributed by atoms with E-state index in [1.165, 1.54) is 0 Å². The van der Waals surface area contributed by atoms with Gasteiger partial charge in [-0.05, 0) is 12.5 Å². The predicted octanol–water partition coefficient (Wildman–Crippen LogP) is 1.91. The number of nitrogens with one attached hydrogen (secondary N) is 1. The summed E-state index contributed by atoms with van der Waals surface area (Å²) in [5.74, 6) is 1.52. The molecule has 12 heavy (non-hydrogen) atoms. The Hall–Kier alpha value is -1.25. The maximum Gasteiger partial charge on any atom is 0.214 e. The standard InChI is InChI=1S/C9H14N2O/c1-3-7-10-8-5-4-6-9(11-8)12-2/h4-6H,3,7H2,1-2H3,(H,10,11). The number of rotatable bonds is 4. The van der Waals surface area contributed by atoms with E-state index in [0.717, 1.165) is 18.8 Å². The van der Waals surface area contributed by atoms with Gasteiger partial charge in [-0.15, -0.1) is 0 Å². The Balaban J connectivity index is 2.60. The van der Waals surface area contributed by atoms with Crippen LogP contribution in [-0.2, 0) is 0 Å². The van der Waals surface area contributed by atoms with E-state index in [9.17, 15) is 0 Å². The Morgan fingerprint density at radius 3 is 3.00 bits per heavy atom. The van der Waals surface area contributed by atoms with Crippen molar-refractivity contribution < 1.29 is 4.74 Å². The molecule has 0 aromatic carbocycles. The van der Waals surface area contributed by atoms with Crippen molar-refractivity contribution in [3.8, 4) is 5.88 Å². The molecule has 3 nitrogen and oxygen atoms in total. The quantitative estimate of drug-likeness (QED) is 0.742. The summed E-state index contributed by atoms with van der Waals surface area (Å²) in [5.41, 5.74) is 0. The highest BCUT2D eigenvalue weighted by Gasteiger charge is 1.94. The van der Waals surface area contributed by atoms with Crippen LogP contribution >= 0.6 is 0 Å². The number of anilines is 1. The third kappa shape index (κ3) is 2.42. The Morgan fingerprint density at radius 2 is 2.33 bits per heavy atom. The predicted molar refractivity (Wildman–Crippen MR) is 49.6 cm³/mol. The van der Waals surface area contributed by atoms with Crippen LogP contribution in [0.1, 0.15) is 13.3 Å². The van der Waals surface area contributed by atoms with Crippen molar-refractivity contribution in [1.82, 2.24) is 4.98 Å². The average Bonchev–Trinajstić information content (AvgIpc) is 2.15. The molecule has 1 aromatic rings. The van der Waals surface area contributed by atoms with E-state index in [-0.39, 0.29) is 0 Å². The number of hydrogen-bond acceptors (Lipinski definition) is 3. The fraction of sp³-hybridized carbons (Fsp3) is 0.444. The fourth-order valence-electron chi connectivity index (χ4n) is 0.880. The van der Waals surface area contributed by atoms with E-state index < -0.39 is 0 Å². The molecule has 0 unspecified atom stereocenters. The van der Waals surface area contributed by atoms with Gasteiger partial charge in [-0.2, -0.15) is 4.98 Å². The molecule has 0 spiro atoms. The minimum absolute atomic E-state index is 0.649. The Labute approximate surface area is 72.8 Å². The number of hydrogen-bond donors (Lipinski definition) is 1. The fourth-order valence-corrected chi connectivity index (χ4v) is 0.880. The third-order valence-electron chi connectivity index (χ3n) is 1.49. The molecule has 0 radical (unpaired) electrons. The molecule has 3 heteroatoms. The van der Waals surface area contributed by atoms with Crippen LogP contribution < -0.4 is 10.1 Å². The van der Waals surface area contributed by atoms with Crippen LogP contribution in [0.15, 0.2) is 18.2 Å².